The van der Waals surface area contributed by atoms with Gasteiger partial charge in [-0.05, 0) is 40.8 Å². The molecule has 0 atom stereocenters. The third-order valence-electron chi connectivity index (χ3n) is 5.65. The van der Waals surface area contributed by atoms with Crippen LogP contribution in [0.4, 0.5) is 0 Å². The molecule has 148 valence electrons. The van der Waals surface area contributed by atoms with Crippen LogP contribution >= 0.6 is 11.3 Å². The van der Waals surface area contributed by atoms with Crippen molar-refractivity contribution in [2.75, 3.05) is 13.1 Å². The Labute approximate surface area is 175 Å². The second-order valence-corrected chi connectivity index (χ2v) is 10.6. The molecular formula is C23H21NO3S2. The van der Waals surface area contributed by atoms with E-state index in [0.29, 0.717) is 30.1 Å². The zero-order chi connectivity index (χ0) is 19.9. The molecule has 5 rings (SSSR count). The summed E-state index contributed by atoms with van der Waals surface area (Å²) in [5.41, 5.74) is 2.97. The van der Waals surface area contributed by atoms with E-state index in [0.717, 1.165) is 16.9 Å². The summed E-state index contributed by atoms with van der Waals surface area (Å²) in [4.78, 5) is 0. The van der Waals surface area contributed by atoms with Crippen molar-refractivity contribution in [2.24, 2.45) is 0 Å². The average Bonchev–Trinajstić information content (AvgIpc) is 3.30. The summed E-state index contributed by atoms with van der Waals surface area (Å²) in [6.07, 6.45) is 5.52. The highest BCUT2D eigenvalue weighted by molar-refractivity contribution is 7.91. The van der Waals surface area contributed by atoms with Gasteiger partial charge in [-0.3, -0.25) is 0 Å². The van der Waals surface area contributed by atoms with Gasteiger partial charge in [0, 0.05) is 31.5 Å². The predicted octanol–water partition coefficient (Wildman–Crippen LogP) is 5.04. The molecule has 2 aliphatic heterocycles. The number of thiophene rings is 1. The molecule has 3 heterocycles. The number of sulfonamides is 1. The van der Waals surface area contributed by atoms with Crippen LogP contribution in [0.25, 0.3) is 17.2 Å². The number of ether oxygens (including phenoxy) is 1. The number of hydrogen-bond acceptors (Lipinski definition) is 4. The van der Waals surface area contributed by atoms with E-state index in [1.54, 1.807) is 21.8 Å². The quantitative estimate of drug-likeness (QED) is 0.593. The van der Waals surface area contributed by atoms with Gasteiger partial charge >= 0.3 is 0 Å². The first-order valence-corrected chi connectivity index (χ1v) is 12.0. The van der Waals surface area contributed by atoms with Crippen molar-refractivity contribution in [3.8, 4) is 16.9 Å². The summed E-state index contributed by atoms with van der Waals surface area (Å²) in [7, 11) is -3.40. The van der Waals surface area contributed by atoms with Crippen LogP contribution < -0.4 is 4.74 Å². The Morgan fingerprint density at radius 2 is 1.72 bits per heavy atom. The molecule has 1 fully saturated rings. The molecule has 0 amide bonds. The van der Waals surface area contributed by atoms with Crippen LogP contribution in [0.15, 0.2) is 76.3 Å². The van der Waals surface area contributed by atoms with Crippen LogP contribution in [-0.2, 0) is 10.0 Å². The second-order valence-electron chi connectivity index (χ2n) is 7.45. The summed E-state index contributed by atoms with van der Waals surface area (Å²) >= 11 is 1.27. The first kappa shape index (κ1) is 18.6. The Morgan fingerprint density at radius 1 is 0.931 bits per heavy atom. The Bertz CT molecular complexity index is 1140. The van der Waals surface area contributed by atoms with Gasteiger partial charge in [-0.25, -0.2) is 8.42 Å². The summed E-state index contributed by atoms with van der Waals surface area (Å²) in [6.45, 7) is 0.921. The van der Waals surface area contributed by atoms with Crippen LogP contribution in [0.2, 0.25) is 0 Å². The maximum atomic E-state index is 12.8. The number of rotatable bonds is 3. The molecule has 0 bridgehead atoms. The fourth-order valence-electron chi connectivity index (χ4n) is 3.99. The van der Waals surface area contributed by atoms with Crippen LogP contribution in [0, 0.1) is 0 Å². The van der Waals surface area contributed by atoms with E-state index in [4.69, 9.17) is 4.74 Å². The van der Waals surface area contributed by atoms with Crippen LogP contribution in [0.3, 0.4) is 0 Å². The molecule has 1 saturated heterocycles. The summed E-state index contributed by atoms with van der Waals surface area (Å²) in [5.74, 6) is 0.863. The molecule has 4 nitrogen and oxygen atoms in total. The summed E-state index contributed by atoms with van der Waals surface area (Å²) in [6, 6.07) is 20.0. The number of piperidine rings is 1. The Hall–Kier alpha value is -2.41. The molecule has 0 aliphatic carbocycles. The van der Waals surface area contributed by atoms with Gasteiger partial charge in [-0.15, -0.1) is 11.3 Å². The van der Waals surface area contributed by atoms with Crippen molar-refractivity contribution in [2.45, 2.75) is 22.7 Å². The third kappa shape index (κ3) is 3.41. The van der Waals surface area contributed by atoms with Crippen LogP contribution in [0.1, 0.15) is 18.4 Å². The smallest absolute Gasteiger partial charge is 0.252 e. The zero-order valence-corrected chi connectivity index (χ0v) is 17.5. The van der Waals surface area contributed by atoms with Crippen molar-refractivity contribution in [3.05, 3.63) is 77.7 Å². The van der Waals surface area contributed by atoms with Gasteiger partial charge in [-0.2, -0.15) is 4.31 Å². The van der Waals surface area contributed by atoms with Crippen molar-refractivity contribution in [3.63, 3.8) is 0 Å². The molecule has 29 heavy (non-hydrogen) atoms. The highest BCUT2D eigenvalue weighted by Gasteiger charge is 2.40. The van der Waals surface area contributed by atoms with E-state index >= 15 is 0 Å². The molecule has 2 aliphatic rings. The molecule has 6 heteroatoms. The van der Waals surface area contributed by atoms with Crippen LogP contribution in [-0.4, -0.2) is 31.4 Å². The number of hydrogen-bond donors (Lipinski definition) is 0. The van der Waals surface area contributed by atoms with Crippen molar-refractivity contribution < 1.29 is 13.2 Å². The Kier molecular flexibility index (Phi) is 4.57. The number of fused-ring (bicyclic) bond motifs is 1. The summed E-state index contributed by atoms with van der Waals surface area (Å²) < 4.78 is 33.9. The third-order valence-corrected chi connectivity index (χ3v) is 8.93. The fraction of sp³-hybridized carbons (Fsp3) is 0.217. The first-order chi connectivity index (χ1) is 14.1. The minimum absolute atomic E-state index is 0.410. The normalized spacial score (nSPS) is 18.3. The lowest BCUT2D eigenvalue weighted by molar-refractivity contribution is 0.0620. The second kappa shape index (κ2) is 7.13. The van der Waals surface area contributed by atoms with E-state index < -0.39 is 15.6 Å². The van der Waals surface area contributed by atoms with E-state index in [1.165, 1.54) is 16.9 Å². The minimum atomic E-state index is -3.40. The first-order valence-electron chi connectivity index (χ1n) is 9.67. The minimum Gasteiger partial charge on any atom is -0.482 e. The van der Waals surface area contributed by atoms with Crippen molar-refractivity contribution in [1.82, 2.24) is 4.31 Å². The highest BCUT2D eigenvalue weighted by atomic mass is 32.2. The van der Waals surface area contributed by atoms with Gasteiger partial charge in [0.25, 0.3) is 10.0 Å². The van der Waals surface area contributed by atoms with Crippen LogP contribution in [0.5, 0.6) is 5.75 Å². The predicted molar refractivity (Wildman–Crippen MR) is 117 cm³/mol. The Balaban J connectivity index is 1.34. The van der Waals surface area contributed by atoms with E-state index in [9.17, 15) is 8.42 Å². The maximum Gasteiger partial charge on any atom is 0.252 e. The lowest BCUT2D eigenvalue weighted by atomic mass is 9.88. The molecule has 2 aromatic carbocycles. The standard InChI is InChI=1S/C23H21NO3S2/c25-29(26,22-7-4-16-28-22)24-14-12-23(13-15-24)11-10-20-17-19(8-9-21(20)27-23)18-5-2-1-3-6-18/h1-11,16-17H,12-15H2. The molecule has 1 spiro atoms. The van der Waals surface area contributed by atoms with Gasteiger partial charge in [0.2, 0.25) is 0 Å². The average molecular weight is 424 g/mol. The summed E-state index contributed by atoms with van der Waals surface area (Å²) in [5, 5.41) is 1.80. The molecule has 0 N–H and O–H groups in total. The van der Waals surface area contributed by atoms with Gasteiger partial charge in [-0.1, -0.05) is 48.5 Å². The Morgan fingerprint density at radius 3 is 2.45 bits per heavy atom. The number of benzene rings is 2. The van der Waals surface area contributed by atoms with Gasteiger partial charge < -0.3 is 4.74 Å². The lowest BCUT2D eigenvalue weighted by Crippen LogP contribution is -2.49. The molecule has 0 radical (unpaired) electrons. The van der Waals surface area contributed by atoms with E-state index in [1.807, 2.05) is 24.3 Å². The maximum absolute atomic E-state index is 12.8. The van der Waals surface area contributed by atoms with Gasteiger partial charge in [0.15, 0.2) is 0 Å². The van der Waals surface area contributed by atoms with Crippen molar-refractivity contribution >= 4 is 27.4 Å². The molecule has 0 saturated carbocycles. The lowest BCUT2D eigenvalue weighted by Gasteiger charge is -2.41. The van der Waals surface area contributed by atoms with Crippen molar-refractivity contribution in [1.29, 1.82) is 0 Å². The van der Waals surface area contributed by atoms with E-state index in [2.05, 4.69) is 36.4 Å². The monoisotopic (exact) mass is 423 g/mol. The van der Waals surface area contributed by atoms with Gasteiger partial charge in [0.1, 0.15) is 15.6 Å². The topological polar surface area (TPSA) is 46.6 Å². The zero-order valence-electron chi connectivity index (χ0n) is 15.8. The molecule has 3 aromatic rings. The molecule has 1 aromatic heterocycles. The highest BCUT2D eigenvalue weighted by Crippen LogP contribution is 2.39. The fourth-order valence-corrected chi connectivity index (χ4v) is 6.57. The number of nitrogens with zero attached hydrogens (tertiary/aromatic N) is 1. The largest absolute Gasteiger partial charge is 0.482 e. The SMILES string of the molecule is O=S(=O)(c1cccs1)N1CCC2(C=Cc3cc(-c4ccccc4)ccc3O2)CC1. The van der Waals surface area contributed by atoms with E-state index in [-0.39, 0.29) is 0 Å². The molecule has 0 unspecified atom stereocenters. The molecular weight excluding hydrogens is 402 g/mol. The van der Waals surface area contributed by atoms with Gasteiger partial charge in [0.05, 0.1) is 0 Å².